The van der Waals surface area contributed by atoms with Crippen molar-refractivity contribution in [3.8, 4) is 0 Å². The fourth-order valence-electron chi connectivity index (χ4n) is 4.47. The zero-order chi connectivity index (χ0) is 24.2. The molecule has 4 aromatic rings. The molecule has 0 aliphatic heterocycles. The average molecular weight is 458 g/mol. The SMILES string of the molecule is Cc1c(C)n(CCCN(C)C)c2ccc(Cc3cccc(C(=O)Nc4cccc(F)c4)c3)cc12. The molecule has 0 aliphatic rings. The fraction of sp³-hybridized carbons (Fsp3) is 0.276. The van der Waals surface area contributed by atoms with E-state index < -0.39 is 0 Å². The number of rotatable bonds is 8. The molecule has 1 N–H and O–H groups in total. The number of nitrogens with zero attached hydrogens (tertiary/aromatic N) is 2. The van der Waals surface area contributed by atoms with Crippen LogP contribution in [0.3, 0.4) is 0 Å². The average Bonchev–Trinajstić information content (AvgIpc) is 3.03. The summed E-state index contributed by atoms with van der Waals surface area (Å²) in [4.78, 5) is 14.9. The normalized spacial score (nSPS) is 11.4. The molecule has 0 spiro atoms. The highest BCUT2D eigenvalue weighted by Gasteiger charge is 2.13. The van der Waals surface area contributed by atoms with Crippen LogP contribution < -0.4 is 5.32 Å². The molecule has 3 aromatic carbocycles. The van der Waals surface area contributed by atoms with Crippen molar-refractivity contribution in [3.05, 3.63) is 100 Å². The number of carbonyl (C=O) groups is 1. The van der Waals surface area contributed by atoms with Gasteiger partial charge in [-0.05, 0) is 106 Å². The fourth-order valence-corrected chi connectivity index (χ4v) is 4.47. The van der Waals surface area contributed by atoms with Crippen LogP contribution in [0.5, 0.6) is 0 Å². The first-order chi connectivity index (χ1) is 16.3. The lowest BCUT2D eigenvalue weighted by molar-refractivity contribution is 0.102. The number of anilines is 1. The topological polar surface area (TPSA) is 37.3 Å². The van der Waals surface area contributed by atoms with E-state index in [9.17, 15) is 9.18 Å². The van der Waals surface area contributed by atoms with Gasteiger partial charge in [0.1, 0.15) is 5.82 Å². The summed E-state index contributed by atoms with van der Waals surface area (Å²) >= 11 is 0. The zero-order valence-corrected chi connectivity index (χ0v) is 20.4. The summed E-state index contributed by atoms with van der Waals surface area (Å²) < 4.78 is 15.9. The first-order valence-corrected chi connectivity index (χ1v) is 11.7. The minimum absolute atomic E-state index is 0.246. The van der Waals surface area contributed by atoms with Gasteiger partial charge in [-0.3, -0.25) is 4.79 Å². The molecule has 5 heteroatoms. The van der Waals surface area contributed by atoms with Crippen LogP contribution in [0.25, 0.3) is 10.9 Å². The molecule has 1 heterocycles. The molecule has 0 saturated heterocycles. The van der Waals surface area contributed by atoms with Gasteiger partial charge < -0.3 is 14.8 Å². The molecule has 0 atom stereocenters. The predicted molar refractivity (Wildman–Crippen MR) is 138 cm³/mol. The van der Waals surface area contributed by atoms with E-state index in [4.69, 9.17) is 0 Å². The second-order valence-electron chi connectivity index (χ2n) is 9.21. The minimum atomic E-state index is -0.376. The van der Waals surface area contributed by atoms with E-state index >= 15 is 0 Å². The van der Waals surface area contributed by atoms with Gasteiger partial charge in [0.15, 0.2) is 0 Å². The van der Waals surface area contributed by atoms with Crippen molar-refractivity contribution in [1.29, 1.82) is 0 Å². The van der Waals surface area contributed by atoms with Gasteiger partial charge in [0.05, 0.1) is 0 Å². The smallest absolute Gasteiger partial charge is 0.255 e. The summed E-state index contributed by atoms with van der Waals surface area (Å²) in [5, 5.41) is 4.06. The maximum absolute atomic E-state index is 13.4. The van der Waals surface area contributed by atoms with Crippen LogP contribution in [0.15, 0.2) is 66.7 Å². The number of fused-ring (bicyclic) bond motifs is 1. The number of amides is 1. The summed E-state index contributed by atoms with van der Waals surface area (Å²) in [5.74, 6) is -0.622. The second kappa shape index (κ2) is 10.2. The van der Waals surface area contributed by atoms with Gasteiger partial charge in [-0.25, -0.2) is 4.39 Å². The van der Waals surface area contributed by atoms with Crippen molar-refractivity contribution in [1.82, 2.24) is 9.47 Å². The summed E-state index contributed by atoms with van der Waals surface area (Å²) in [5.41, 5.74) is 7.20. The quantitative estimate of drug-likeness (QED) is 0.342. The predicted octanol–water partition coefficient (Wildman–Crippen LogP) is 6.19. The van der Waals surface area contributed by atoms with Crippen molar-refractivity contribution < 1.29 is 9.18 Å². The van der Waals surface area contributed by atoms with Gasteiger partial charge in [0.2, 0.25) is 0 Å². The molecular weight excluding hydrogens is 425 g/mol. The number of hydrogen-bond donors (Lipinski definition) is 1. The molecule has 4 rings (SSSR count). The van der Waals surface area contributed by atoms with E-state index in [1.807, 2.05) is 18.2 Å². The molecule has 0 fully saturated rings. The number of hydrogen-bond acceptors (Lipinski definition) is 2. The highest BCUT2D eigenvalue weighted by atomic mass is 19.1. The van der Waals surface area contributed by atoms with Crippen molar-refractivity contribution in [2.45, 2.75) is 33.2 Å². The maximum Gasteiger partial charge on any atom is 0.255 e. The number of aryl methyl sites for hydroxylation is 2. The highest BCUT2D eigenvalue weighted by Crippen LogP contribution is 2.27. The van der Waals surface area contributed by atoms with Crippen molar-refractivity contribution in [3.63, 3.8) is 0 Å². The van der Waals surface area contributed by atoms with E-state index in [0.29, 0.717) is 11.3 Å². The van der Waals surface area contributed by atoms with Crippen LogP contribution in [-0.2, 0) is 13.0 Å². The summed E-state index contributed by atoms with van der Waals surface area (Å²) in [7, 11) is 4.22. The second-order valence-corrected chi connectivity index (χ2v) is 9.21. The minimum Gasteiger partial charge on any atom is -0.345 e. The number of carbonyl (C=O) groups excluding carboxylic acids is 1. The van der Waals surface area contributed by atoms with Crippen LogP contribution >= 0.6 is 0 Å². The van der Waals surface area contributed by atoms with E-state index in [1.165, 1.54) is 39.9 Å². The number of nitrogens with one attached hydrogen (secondary N) is 1. The Bertz CT molecular complexity index is 1320. The molecule has 4 nitrogen and oxygen atoms in total. The lowest BCUT2D eigenvalue weighted by atomic mass is 10.0. The Morgan fingerprint density at radius 2 is 1.74 bits per heavy atom. The molecule has 0 bridgehead atoms. The lowest BCUT2D eigenvalue weighted by Crippen LogP contribution is -2.15. The van der Waals surface area contributed by atoms with Gasteiger partial charge in [-0.2, -0.15) is 0 Å². The van der Waals surface area contributed by atoms with Crippen LogP contribution in [-0.4, -0.2) is 36.0 Å². The first kappa shape index (κ1) is 23.7. The molecule has 0 aliphatic carbocycles. The third-order valence-corrected chi connectivity index (χ3v) is 6.37. The Morgan fingerprint density at radius 3 is 2.50 bits per heavy atom. The van der Waals surface area contributed by atoms with Crippen LogP contribution in [0.2, 0.25) is 0 Å². The Balaban J connectivity index is 1.52. The van der Waals surface area contributed by atoms with Crippen LogP contribution in [0, 0.1) is 19.7 Å². The Morgan fingerprint density at radius 1 is 0.971 bits per heavy atom. The van der Waals surface area contributed by atoms with E-state index in [2.05, 4.69) is 60.9 Å². The van der Waals surface area contributed by atoms with Crippen molar-refractivity contribution in [2.75, 3.05) is 26.0 Å². The first-order valence-electron chi connectivity index (χ1n) is 11.7. The Hall–Kier alpha value is -3.44. The number of aromatic nitrogens is 1. The van der Waals surface area contributed by atoms with Crippen molar-refractivity contribution >= 4 is 22.5 Å². The maximum atomic E-state index is 13.4. The summed E-state index contributed by atoms with van der Waals surface area (Å²) in [6.07, 6.45) is 1.85. The Kier molecular flexibility index (Phi) is 7.13. The molecule has 1 aromatic heterocycles. The zero-order valence-electron chi connectivity index (χ0n) is 20.4. The monoisotopic (exact) mass is 457 g/mol. The van der Waals surface area contributed by atoms with Gasteiger partial charge in [-0.1, -0.05) is 24.3 Å². The van der Waals surface area contributed by atoms with Gasteiger partial charge >= 0.3 is 0 Å². The molecule has 34 heavy (non-hydrogen) atoms. The molecule has 0 unspecified atom stereocenters. The summed E-state index contributed by atoms with van der Waals surface area (Å²) in [6, 6.07) is 20.2. The third-order valence-electron chi connectivity index (χ3n) is 6.37. The lowest BCUT2D eigenvalue weighted by Gasteiger charge is -2.12. The molecular formula is C29H32FN3O. The van der Waals surface area contributed by atoms with Gasteiger partial charge in [0, 0.05) is 34.4 Å². The largest absolute Gasteiger partial charge is 0.345 e. The number of benzene rings is 3. The van der Waals surface area contributed by atoms with Crippen LogP contribution in [0.1, 0.15) is 39.2 Å². The molecule has 0 saturated carbocycles. The highest BCUT2D eigenvalue weighted by molar-refractivity contribution is 6.04. The van der Waals surface area contributed by atoms with Crippen LogP contribution in [0.4, 0.5) is 10.1 Å². The van der Waals surface area contributed by atoms with Gasteiger partial charge in [-0.15, -0.1) is 0 Å². The molecule has 0 radical (unpaired) electrons. The standard InChI is InChI=1S/C29H32FN3O/c1-20-21(2)33(15-7-14-32(3)4)28-13-12-23(18-27(20)28)16-22-8-5-9-24(17-22)29(34)31-26-11-6-10-25(30)19-26/h5-6,8-13,17-19H,7,14-16H2,1-4H3,(H,31,34). The third kappa shape index (κ3) is 5.37. The Labute approximate surface area is 201 Å². The van der Waals surface area contributed by atoms with E-state index in [-0.39, 0.29) is 11.7 Å². The molecule has 176 valence electrons. The van der Waals surface area contributed by atoms with Crippen molar-refractivity contribution in [2.24, 2.45) is 0 Å². The van der Waals surface area contributed by atoms with Gasteiger partial charge in [0.25, 0.3) is 5.91 Å². The molecule has 1 amide bonds. The summed E-state index contributed by atoms with van der Waals surface area (Å²) in [6.45, 7) is 6.47. The van der Waals surface area contributed by atoms with E-state index in [1.54, 1.807) is 18.2 Å². The number of halogens is 1. The van der Waals surface area contributed by atoms with E-state index in [0.717, 1.165) is 31.5 Å².